The summed E-state index contributed by atoms with van der Waals surface area (Å²) in [4.78, 5) is 24.2. The van der Waals surface area contributed by atoms with Crippen molar-refractivity contribution in [1.82, 2.24) is 10.2 Å². The monoisotopic (exact) mass is 294 g/mol. The summed E-state index contributed by atoms with van der Waals surface area (Å²) in [5.74, 6) is -0.167. The van der Waals surface area contributed by atoms with Crippen LogP contribution in [0.3, 0.4) is 0 Å². The van der Waals surface area contributed by atoms with Crippen LogP contribution in [0.4, 0.5) is 4.79 Å². The second-order valence-electron chi connectivity index (χ2n) is 4.63. The Morgan fingerprint density at radius 1 is 1.33 bits per heavy atom. The maximum absolute atomic E-state index is 12.0. The zero-order valence-electron chi connectivity index (χ0n) is 12.4. The van der Waals surface area contributed by atoms with E-state index in [9.17, 15) is 9.59 Å². The molecule has 0 saturated carbocycles. The maximum Gasteiger partial charge on any atom is 0.317 e. The fourth-order valence-corrected chi connectivity index (χ4v) is 1.96. The number of carboxylic acids is 1. The van der Waals surface area contributed by atoms with Crippen molar-refractivity contribution in [1.29, 1.82) is 0 Å². The lowest BCUT2D eigenvalue weighted by Crippen LogP contribution is -2.46. The zero-order chi connectivity index (χ0) is 15.7. The summed E-state index contributed by atoms with van der Waals surface area (Å²) in [5.41, 5.74) is 0. The van der Waals surface area contributed by atoms with Crippen LogP contribution in [0, 0.1) is 0 Å². The van der Waals surface area contributed by atoms with Crippen molar-refractivity contribution in [3.63, 3.8) is 0 Å². The van der Waals surface area contributed by atoms with E-state index < -0.39 is 5.97 Å². The van der Waals surface area contributed by atoms with Gasteiger partial charge >= 0.3 is 12.0 Å². The molecule has 0 bridgehead atoms. The fraction of sp³-hybridized carbons (Fsp3) is 0.467. The molecule has 0 spiro atoms. The van der Waals surface area contributed by atoms with Gasteiger partial charge < -0.3 is 20.1 Å². The Hall–Kier alpha value is -2.24. The molecule has 6 heteroatoms. The number of carboxylic acid groups (broad SMARTS) is 1. The lowest BCUT2D eigenvalue weighted by atomic mass is 10.2. The molecule has 0 saturated heterocycles. The standard InChI is InChI=1S/C15H22N2O4/c1-3-17(12(2)11-14(18)19)15(20)16-9-10-21-13-7-5-4-6-8-13/h4-8,12H,3,9-11H2,1-2H3,(H,16,20)(H,18,19). The maximum atomic E-state index is 12.0. The predicted octanol–water partition coefficient (Wildman–Crippen LogP) is 1.96. The first-order valence-corrected chi connectivity index (χ1v) is 6.98. The van der Waals surface area contributed by atoms with Crippen LogP contribution in [0.2, 0.25) is 0 Å². The summed E-state index contributed by atoms with van der Waals surface area (Å²) in [7, 11) is 0. The molecule has 1 aromatic rings. The molecule has 0 aliphatic rings. The Bertz CT molecular complexity index is 450. The average molecular weight is 294 g/mol. The topological polar surface area (TPSA) is 78.9 Å². The molecule has 116 valence electrons. The molecule has 1 aromatic carbocycles. The molecule has 21 heavy (non-hydrogen) atoms. The molecule has 2 amide bonds. The van der Waals surface area contributed by atoms with Crippen LogP contribution < -0.4 is 10.1 Å². The second kappa shape index (κ2) is 8.84. The van der Waals surface area contributed by atoms with Crippen LogP contribution in [-0.4, -0.2) is 47.7 Å². The molecule has 0 fully saturated rings. The van der Waals surface area contributed by atoms with Crippen molar-refractivity contribution < 1.29 is 19.4 Å². The lowest BCUT2D eigenvalue weighted by molar-refractivity contribution is -0.138. The average Bonchev–Trinajstić information content (AvgIpc) is 2.44. The summed E-state index contributed by atoms with van der Waals surface area (Å²) in [5, 5.41) is 11.5. The SMILES string of the molecule is CCN(C(=O)NCCOc1ccccc1)C(C)CC(=O)O. The van der Waals surface area contributed by atoms with Crippen LogP contribution in [-0.2, 0) is 4.79 Å². The first-order chi connectivity index (χ1) is 10.0. The van der Waals surface area contributed by atoms with E-state index in [1.165, 1.54) is 4.90 Å². The molecule has 1 rings (SSSR count). The summed E-state index contributed by atoms with van der Waals surface area (Å²) in [6.07, 6.45) is -0.0677. The number of nitrogens with one attached hydrogen (secondary N) is 1. The largest absolute Gasteiger partial charge is 0.492 e. The predicted molar refractivity (Wildman–Crippen MR) is 79.4 cm³/mol. The summed E-state index contributed by atoms with van der Waals surface area (Å²) < 4.78 is 5.47. The van der Waals surface area contributed by atoms with Gasteiger partial charge in [-0.05, 0) is 26.0 Å². The Morgan fingerprint density at radius 2 is 2.00 bits per heavy atom. The molecule has 0 aliphatic heterocycles. The van der Waals surface area contributed by atoms with Gasteiger partial charge in [-0.1, -0.05) is 18.2 Å². The number of aliphatic carboxylic acids is 1. The zero-order valence-corrected chi connectivity index (χ0v) is 12.4. The molecule has 0 aliphatic carbocycles. The Labute approximate surface area is 124 Å². The number of benzene rings is 1. The molecule has 0 heterocycles. The van der Waals surface area contributed by atoms with Gasteiger partial charge in [0.2, 0.25) is 0 Å². The first kappa shape index (κ1) is 16.8. The second-order valence-corrected chi connectivity index (χ2v) is 4.63. The highest BCUT2D eigenvalue weighted by atomic mass is 16.5. The smallest absolute Gasteiger partial charge is 0.317 e. The first-order valence-electron chi connectivity index (χ1n) is 6.98. The Kier molecular flexibility index (Phi) is 7.08. The highest BCUT2D eigenvalue weighted by Gasteiger charge is 2.20. The van der Waals surface area contributed by atoms with Crippen molar-refractivity contribution in [2.75, 3.05) is 19.7 Å². The third-order valence-electron chi connectivity index (χ3n) is 2.99. The van der Waals surface area contributed by atoms with Gasteiger partial charge in [0.25, 0.3) is 0 Å². The third kappa shape index (κ3) is 6.16. The van der Waals surface area contributed by atoms with Gasteiger partial charge in [-0.15, -0.1) is 0 Å². The van der Waals surface area contributed by atoms with Crippen molar-refractivity contribution in [2.24, 2.45) is 0 Å². The quantitative estimate of drug-likeness (QED) is 0.718. The van der Waals surface area contributed by atoms with E-state index in [4.69, 9.17) is 9.84 Å². The van der Waals surface area contributed by atoms with Crippen LogP contribution >= 0.6 is 0 Å². The normalized spacial score (nSPS) is 11.5. The van der Waals surface area contributed by atoms with Crippen molar-refractivity contribution in [3.05, 3.63) is 30.3 Å². The van der Waals surface area contributed by atoms with Gasteiger partial charge in [-0.25, -0.2) is 4.79 Å². The molecule has 1 atom stereocenters. The van der Waals surface area contributed by atoms with E-state index in [0.29, 0.717) is 19.7 Å². The molecule has 1 unspecified atom stereocenters. The minimum atomic E-state index is -0.916. The van der Waals surface area contributed by atoms with E-state index in [1.54, 1.807) is 6.92 Å². The van der Waals surface area contributed by atoms with Crippen molar-refractivity contribution in [2.45, 2.75) is 26.3 Å². The van der Waals surface area contributed by atoms with E-state index in [-0.39, 0.29) is 18.5 Å². The molecule has 2 N–H and O–H groups in total. The van der Waals surface area contributed by atoms with Crippen molar-refractivity contribution in [3.8, 4) is 5.75 Å². The summed E-state index contributed by atoms with van der Waals surface area (Å²) in [6.45, 7) is 4.72. The van der Waals surface area contributed by atoms with Gasteiger partial charge in [0.1, 0.15) is 12.4 Å². The number of para-hydroxylation sites is 1. The van der Waals surface area contributed by atoms with Crippen LogP contribution in [0.15, 0.2) is 30.3 Å². The van der Waals surface area contributed by atoms with E-state index in [0.717, 1.165) is 5.75 Å². The number of carbonyl (C=O) groups excluding carboxylic acids is 1. The minimum Gasteiger partial charge on any atom is -0.492 e. The van der Waals surface area contributed by atoms with E-state index >= 15 is 0 Å². The summed E-state index contributed by atoms with van der Waals surface area (Å²) >= 11 is 0. The van der Waals surface area contributed by atoms with Gasteiger partial charge in [0.15, 0.2) is 0 Å². The lowest BCUT2D eigenvalue weighted by Gasteiger charge is -2.27. The van der Waals surface area contributed by atoms with Crippen LogP contribution in [0.25, 0.3) is 0 Å². The number of hydrogen-bond acceptors (Lipinski definition) is 3. The highest BCUT2D eigenvalue weighted by Crippen LogP contribution is 2.07. The van der Waals surface area contributed by atoms with Gasteiger partial charge in [0.05, 0.1) is 13.0 Å². The Morgan fingerprint density at radius 3 is 2.57 bits per heavy atom. The molecule has 0 aromatic heterocycles. The number of urea groups is 1. The minimum absolute atomic E-state index is 0.0677. The summed E-state index contributed by atoms with van der Waals surface area (Å²) in [6, 6.07) is 8.72. The number of amides is 2. The number of rotatable bonds is 8. The molecule has 0 radical (unpaired) electrons. The molecular formula is C15H22N2O4. The fourth-order valence-electron chi connectivity index (χ4n) is 1.96. The number of nitrogens with zero attached hydrogens (tertiary/aromatic N) is 1. The van der Waals surface area contributed by atoms with Gasteiger partial charge in [-0.3, -0.25) is 4.79 Å². The van der Waals surface area contributed by atoms with Crippen molar-refractivity contribution >= 4 is 12.0 Å². The van der Waals surface area contributed by atoms with Gasteiger partial charge in [0, 0.05) is 12.6 Å². The van der Waals surface area contributed by atoms with E-state index in [1.807, 2.05) is 37.3 Å². The number of hydrogen-bond donors (Lipinski definition) is 2. The van der Waals surface area contributed by atoms with E-state index in [2.05, 4.69) is 5.32 Å². The number of ether oxygens (including phenoxy) is 1. The van der Waals surface area contributed by atoms with Gasteiger partial charge in [-0.2, -0.15) is 0 Å². The molecular weight excluding hydrogens is 272 g/mol. The number of carbonyl (C=O) groups is 2. The molecule has 6 nitrogen and oxygen atoms in total. The van der Waals surface area contributed by atoms with Crippen LogP contribution in [0.1, 0.15) is 20.3 Å². The highest BCUT2D eigenvalue weighted by molar-refractivity contribution is 5.75. The Balaban J connectivity index is 2.32. The third-order valence-corrected chi connectivity index (χ3v) is 2.99. The van der Waals surface area contributed by atoms with Crippen LogP contribution in [0.5, 0.6) is 5.75 Å².